The Morgan fingerprint density at radius 1 is 1.12 bits per heavy atom. The van der Waals surface area contributed by atoms with Gasteiger partial charge in [0.1, 0.15) is 0 Å². The fraction of sp³-hybridized carbons (Fsp3) is 0.292. The third kappa shape index (κ3) is 5.25. The molecule has 1 N–H and O–H groups in total. The van der Waals surface area contributed by atoms with Gasteiger partial charge in [-0.15, -0.1) is 0 Å². The molecule has 9 nitrogen and oxygen atoms in total. The topological polar surface area (TPSA) is 106 Å². The van der Waals surface area contributed by atoms with Gasteiger partial charge in [0.15, 0.2) is 5.69 Å². The van der Waals surface area contributed by atoms with E-state index in [1.54, 1.807) is 65.4 Å². The zero-order chi connectivity index (χ0) is 23.2. The van der Waals surface area contributed by atoms with Gasteiger partial charge in [-0.1, -0.05) is 6.07 Å². The zero-order valence-electron chi connectivity index (χ0n) is 18.3. The van der Waals surface area contributed by atoms with Crippen LogP contribution in [-0.4, -0.2) is 57.1 Å². The molecule has 1 aromatic carbocycles. The maximum Gasteiger partial charge on any atom is 0.358 e. The summed E-state index contributed by atoms with van der Waals surface area (Å²) in [5, 5.41) is 7.21. The number of hydrogen-bond donors (Lipinski definition) is 1. The fourth-order valence-corrected chi connectivity index (χ4v) is 3.77. The molecule has 0 aliphatic carbocycles. The second-order valence-electron chi connectivity index (χ2n) is 7.71. The summed E-state index contributed by atoms with van der Waals surface area (Å²) in [6.07, 6.45) is 6.05. The van der Waals surface area contributed by atoms with E-state index in [0.717, 1.165) is 0 Å². The summed E-state index contributed by atoms with van der Waals surface area (Å²) in [6.45, 7) is 3.07. The van der Waals surface area contributed by atoms with Crippen LogP contribution in [0.15, 0.2) is 61.1 Å². The molecule has 3 heterocycles. The van der Waals surface area contributed by atoms with Crippen molar-refractivity contribution in [3.63, 3.8) is 0 Å². The summed E-state index contributed by atoms with van der Waals surface area (Å²) in [6, 6.07) is 12.3. The SMILES string of the molecule is CCOC(=O)c1ccn(-c2cccc(NC(=O)C3CCN(C(=O)c4cccnc4)CC3)c2)n1. The van der Waals surface area contributed by atoms with Crippen molar-refractivity contribution in [1.82, 2.24) is 19.7 Å². The van der Waals surface area contributed by atoms with E-state index in [1.807, 2.05) is 12.1 Å². The lowest BCUT2D eigenvalue weighted by molar-refractivity contribution is -0.121. The van der Waals surface area contributed by atoms with Crippen molar-refractivity contribution in [2.75, 3.05) is 25.0 Å². The molecule has 1 aliphatic heterocycles. The molecule has 0 bridgehead atoms. The maximum atomic E-state index is 12.8. The Kier molecular flexibility index (Phi) is 6.77. The number of ether oxygens (including phenoxy) is 1. The van der Waals surface area contributed by atoms with Gasteiger partial charge in [-0.25, -0.2) is 9.48 Å². The highest BCUT2D eigenvalue weighted by molar-refractivity contribution is 5.95. The van der Waals surface area contributed by atoms with Crippen LogP contribution in [0.4, 0.5) is 5.69 Å². The molecule has 3 aromatic rings. The number of esters is 1. The average Bonchev–Trinajstić information content (AvgIpc) is 3.35. The lowest BCUT2D eigenvalue weighted by Crippen LogP contribution is -2.41. The molecule has 0 spiro atoms. The number of amides is 2. The van der Waals surface area contributed by atoms with Gasteiger partial charge >= 0.3 is 5.97 Å². The number of likely N-dealkylation sites (tertiary alicyclic amines) is 1. The van der Waals surface area contributed by atoms with Crippen molar-refractivity contribution in [3.05, 3.63) is 72.3 Å². The lowest BCUT2D eigenvalue weighted by Gasteiger charge is -2.31. The van der Waals surface area contributed by atoms with Gasteiger partial charge in [0.2, 0.25) is 5.91 Å². The summed E-state index contributed by atoms with van der Waals surface area (Å²) in [5.74, 6) is -0.787. The lowest BCUT2D eigenvalue weighted by atomic mass is 9.95. The summed E-state index contributed by atoms with van der Waals surface area (Å²) in [5.41, 5.74) is 2.13. The number of benzene rings is 1. The third-order valence-corrected chi connectivity index (χ3v) is 5.51. The minimum absolute atomic E-state index is 0.0592. The van der Waals surface area contributed by atoms with Gasteiger partial charge in [0.25, 0.3) is 5.91 Å². The molecular formula is C24H25N5O4. The van der Waals surface area contributed by atoms with Gasteiger partial charge in [-0.2, -0.15) is 5.10 Å². The predicted molar refractivity (Wildman–Crippen MR) is 121 cm³/mol. The average molecular weight is 447 g/mol. The standard InChI is InChI=1S/C24H25N5O4/c1-2-33-24(32)21-10-14-29(27-21)20-7-3-6-19(15-20)26-22(30)17-8-12-28(13-9-17)23(31)18-5-4-11-25-16-18/h3-7,10-11,14-17H,2,8-9,12-13H2,1H3,(H,26,30). The van der Waals surface area contributed by atoms with E-state index in [0.29, 0.717) is 42.9 Å². The Hall–Kier alpha value is -4.01. The quantitative estimate of drug-likeness (QED) is 0.583. The first kappa shape index (κ1) is 22.2. The van der Waals surface area contributed by atoms with Gasteiger partial charge in [-0.05, 0) is 56.2 Å². The molecule has 170 valence electrons. The van der Waals surface area contributed by atoms with Gasteiger partial charge in [0, 0.05) is 43.3 Å². The first-order chi connectivity index (χ1) is 16.0. The van der Waals surface area contributed by atoms with Crippen LogP contribution in [0.3, 0.4) is 0 Å². The molecule has 9 heteroatoms. The van der Waals surface area contributed by atoms with Gasteiger partial charge in [0.05, 0.1) is 17.9 Å². The summed E-state index contributed by atoms with van der Waals surface area (Å²) in [4.78, 5) is 43.0. The number of carbonyl (C=O) groups excluding carboxylic acids is 3. The van der Waals surface area contributed by atoms with Crippen molar-refractivity contribution in [3.8, 4) is 5.69 Å². The molecular weight excluding hydrogens is 422 g/mol. The number of carbonyl (C=O) groups is 3. The van der Waals surface area contributed by atoms with Crippen LogP contribution in [0.25, 0.3) is 5.69 Å². The number of rotatable bonds is 6. The van der Waals surface area contributed by atoms with E-state index in [9.17, 15) is 14.4 Å². The minimum Gasteiger partial charge on any atom is -0.461 e. The molecule has 0 saturated carbocycles. The van der Waals surface area contributed by atoms with E-state index < -0.39 is 5.97 Å². The Balaban J connectivity index is 1.35. The van der Waals surface area contributed by atoms with Crippen molar-refractivity contribution in [1.29, 1.82) is 0 Å². The van der Waals surface area contributed by atoms with Gasteiger partial charge in [-0.3, -0.25) is 14.6 Å². The van der Waals surface area contributed by atoms with Crippen LogP contribution >= 0.6 is 0 Å². The van der Waals surface area contributed by atoms with E-state index in [4.69, 9.17) is 4.74 Å². The monoisotopic (exact) mass is 447 g/mol. The van der Waals surface area contributed by atoms with Gasteiger partial charge < -0.3 is 15.0 Å². The Bertz CT molecular complexity index is 1140. The van der Waals surface area contributed by atoms with Crippen LogP contribution in [0.2, 0.25) is 0 Å². The number of pyridine rings is 1. The zero-order valence-corrected chi connectivity index (χ0v) is 18.3. The van der Waals surface area contributed by atoms with E-state index in [2.05, 4.69) is 15.4 Å². The number of piperidine rings is 1. The van der Waals surface area contributed by atoms with E-state index in [-0.39, 0.29) is 30.0 Å². The molecule has 0 radical (unpaired) electrons. The van der Waals surface area contributed by atoms with Crippen molar-refractivity contribution in [2.24, 2.45) is 5.92 Å². The van der Waals surface area contributed by atoms with Crippen LogP contribution < -0.4 is 5.32 Å². The van der Waals surface area contributed by atoms with Crippen LogP contribution in [0.5, 0.6) is 0 Å². The van der Waals surface area contributed by atoms with E-state index in [1.165, 1.54) is 0 Å². The second-order valence-corrected chi connectivity index (χ2v) is 7.71. The molecule has 0 atom stereocenters. The summed E-state index contributed by atoms with van der Waals surface area (Å²) >= 11 is 0. The normalized spacial score (nSPS) is 14.0. The molecule has 2 aromatic heterocycles. The predicted octanol–water partition coefficient (Wildman–Crippen LogP) is 2.93. The Morgan fingerprint density at radius 2 is 1.94 bits per heavy atom. The minimum atomic E-state index is -0.478. The highest BCUT2D eigenvalue weighted by atomic mass is 16.5. The molecule has 2 amide bonds. The first-order valence-electron chi connectivity index (χ1n) is 10.9. The maximum absolute atomic E-state index is 12.8. The van der Waals surface area contributed by atoms with E-state index >= 15 is 0 Å². The first-order valence-corrected chi connectivity index (χ1v) is 10.9. The van der Waals surface area contributed by atoms with Crippen molar-refractivity contribution < 1.29 is 19.1 Å². The Morgan fingerprint density at radius 3 is 2.67 bits per heavy atom. The largest absolute Gasteiger partial charge is 0.461 e. The molecule has 1 saturated heterocycles. The molecule has 33 heavy (non-hydrogen) atoms. The van der Waals surface area contributed by atoms with Crippen LogP contribution in [0.1, 0.15) is 40.6 Å². The third-order valence-electron chi connectivity index (χ3n) is 5.51. The molecule has 0 unspecified atom stereocenters. The van der Waals surface area contributed by atoms with Crippen LogP contribution in [0, 0.1) is 5.92 Å². The highest BCUT2D eigenvalue weighted by Gasteiger charge is 2.28. The van der Waals surface area contributed by atoms with Crippen molar-refractivity contribution in [2.45, 2.75) is 19.8 Å². The van der Waals surface area contributed by atoms with Crippen LogP contribution in [-0.2, 0) is 9.53 Å². The van der Waals surface area contributed by atoms with Crippen molar-refractivity contribution >= 4 is 23.5 Å². The molecule has 1 fully saturated rings. The molecule has 1 aliphatic rings. The fourth-order valence-electron chi connectivity index (χ4n) is 3.77. The summed E-state index contributed by atoms with van der Waals surface area (Å²) in [7, 11) is 0. The Labute approximate surface area is 191 Å². The number of aromatic nitrogens is 3. The smallest absolute Gasteiger partial charge is 0.358 e. The summed E-state index contributed by atoms with van der Waals surface area (Å²) < 4.78 is 6.53. The second kappa shape index (κ2) is 10.1. The number of hydrogen-bond acceptors (Lipinski definition) is 6. The molecule has 4 rings (SSSR count). The number of nitrogens with one attached hydrogen (secondary N) is 1. The highest BCUT2D eigenvalue weighted by Crippen LogP contribution is 2.22. The number of anilines is 1. The number of nitrogens with zero attached hydrogens (tertiary/aromatic N) is 4.